The smallest absolute Gasteiger partial charge is 0.338 e. The number of esters is 1. The second-order valence-electron chi connectivity index (χ2n) is 8.76. The van der Waals surface area contributed by atoms with Crippen LogP contribution in [0.25, 0.3) is 11.1 Å². The first-order valence-electron chi connectivity index (χ1n) is 12.5. The van der Waals surface area contributed by atoms with Crippen LogP contribution >= 0.6 is 0 Å². The molecule has 1 unspecified atom stereocenters. The van der Waals surface area contributed by atoms with E-state index in [9.17, 15) is 9.59 Å². The SMILES string of the molecule is CCCCCCCCc1ccc(-c2ccc(C(=O)OC(C)C(=O)CCCCC)cc2)cc1. The number of aryl methyl sites for hydroxylation is 1. The molecular weight excluding hydrogens is 396 g/mol. The Morgan fingerprint density at radius 3 is 1.88 bits per heavy atom. The van der Waals surface area contributed by atoms with E-state index in [1.54, 1.807) is 19.1 Å². The van der Waals surface area contributed by atoms with Crippen LogP contribution in [0, 0.1) is 0 Å². The molecule has 2 aromatic carbocycles. The maximum absolute atomic E-state index is 12.4. The van der Waals surface area contributed by atoms with Gasteiger partial charge in [-0.2, -0.15) is 0 Å². The van der Waals surface area contributed by atoms with Gasteiger partial charge in [0.05, 0.1) is 5.56 Å². The minimum absolute atomic E-state index is 0.00975. The maximum atomic E-state index is 12.4. The molecule has 32 heavy (non-hydrogen) atoms. The van der Waals surface area contributed by atoms with Gasteiger partial charge in [0.1, 0.15) is 0 Å². The van der Waals surface area contributed by atoms with E-state index in [2.05, 4.69) is 38.1 Å². The lowest BCUT2D eigenvalue weighted by atomic mass is 10.00. The summed E-state index contributed by atoms with van der Waals surface area (Å²) in [7, 11) is 0. The van der Waals surface area contributed by atoms with E-state index in [0.29, 0.717) is 12.0 Å². The number of carbonyl (C=O) groups excluding carboxylic acids is 2. The van der Waals surface area contributed by atoms with Crippen molar-refractivity contribution in [1.82, 2.24) is 0 Å². The number of ether oxygens (including phenoxy) is 1. The third kappa shape index (κ3) is 8.98. The molecule has 0 aliphatic rings. The topological polar surface area (TPSA) is 43.4 Å². The summed E-state index contributed by atoms with van der Waals surface area (Å²) in [5.74, 6) is -0.452. The van der Waals surface area contributed by atoms with Gasteiger partial charge in [-0.3, -0.25) is 4.79 Å². The second-order valence-corrected chi connectivity index (χ2v) is 8.76. The molecule has 1 atom stereocenters. The van der Waals surface area contributed by atoms with E-state index < -0.39 is 12.1 Å². The molecule has 3 heteroatoms. The van der Waals surface area contributed by atoms with Crippen molar-refractivity contribution in [2.45, 2.75) is 97.5 Å². The molecule has 0 amide bonds. The molecule has 0 aliphatic heterocycles. The molecule has 174 valence electrons. The summed E-state index contributed by atoms with van der Waals surface area (Å²) < 4.78 is 5.37. The Morgan fingerprint density at radius 2 is 1.25 bits per heavy atom. The average Bonchev–Trinajstić information content (AvgIpc) is 2.82. The fourth-order valence-electron chi connectivity index (χ4n) is 3.82. The van der Waals surface area contributed by atoms with Crippen molar-refractivity contribution in [3.63, 3.8) is 0 Å². The molecule has 0 saturated carbocycles. The number of hydrogen-bond donors (Lipinski definition) is 0. The van der Waals surface area contributed by atoms with Crippen LogP contribution in [0.15, 0.2) is 48.5 Å². The molecule has 3 nitrogen and oxygen atoms in total. The Labute approximate surface area is 194 Å². The Hall–Kier alpha value is -2.42. The maximum Gasteiger partial charge on any atom is 0.338 e. The molecule has 0 aliphatic carbocycles. The average molecular weight is 437 g/mol. The molecule has 0 bridgehead atoms. The van der Waals surface area contributed by atoms with E-state index in [0.717, 1.165) is 36.8 Å². The first-order valence-corrected chi connectivity index (χ1v) is 12.5. The zero-order chi connectivity index (χ0) is 23.2. The number of ketones is 1. The van der Waals surface area contributed by atoms with Gasteiger partial charge in [-0.1, -0.05) is 95.2 Å². The van der Waals surface area contributed by atoms with Gasteiger partial charge in [0.25, 0.3) is 0 Å². The lowest BCUT2D eigenvalue weighted by molar-refractivity contribution is -0.127. The minimum atomic E-state index is -0.696. The third-order valence-corrected chi connectivity index (χ3v) is 5.99. The predicted octanol–water partition coefficient (Wildman–Crippen LogP) is 7.95. The van der Waals surface area contributed by atoms with Crippen LogP contribution in [0.4, 0.5) is 0 Å². The van der Waals surface area contributed by atoms with Gasteiger partial charge < -0.3 is 4.74 Å². The van der Waals surface area contributed by atoms with E-state index in [4.69, 9.17) is 4.74 Å². The van der Waals surface area contributed by atoms with Crippen molar-refractivity contribution >= 4 is 11.8 Å². The first kappa shape index (κ1) is 25.8. The number of hydrogen-bond acceptors (Lipinski definition) is 3. The molecule has 0 N–H and O–H groups in total. The zero-order valence-corrected chi connectivity index (χ0v) is 20.2. The Balaban J connectivity index is 1.83. The Kier molecular flexibility index (Phi) is 11.8. The van der Waals surface area contributed by atoms with Crippen LogP contribution in [0.2, 0.25) is 0 Å². The highest BCUT2D eigenvalue weighted by molar-refractivity contribution is 5.93. The molecular formula is C29H40O3. The van der Waals surface area contributed by atoms with Gasteiger partial charge in [0.15, 0.2) is 11.9 Å². The van der Waals surface area contributed by atoms with Gasteiger partial charge in [0, 0.05) is 6.42 Å². The van der Waals surface area contributed by atoms with Crippen LogP contribution in [0.5, 0.6) is 0 Å². The summed E-state index contributed by atoms with van der Waals surface area (Å²) in [5.41, 5.74) is 4.05. The van der Waals surface area contributed by atoms with Crippen LogP contribution in [0.3, 0.4) is 0 Å². The van der Waals surface area contributed by atoms with Gasteiger partial charge in [-0.25, -0.2) is 4.79 Å². The summed E-state index contributed by atoms with van der Waals surface area (Å²) in [4.78, 5) is 24.5. The number of benzene rings is 2. The molecule has 0 fully saturated rings. The van der Waals surface area contributed by atoms with Crippen molar-refractivity contribution in [3.05, 3.63) is 59.7 Å². The van der Waals surface area contributed by atoms with Crippen molar-refractivity contribution in [2.75, 3.05) is 0 Å². The van der Waals surface area contributed by atoms with Gasteiger partial charge in [-0.15, -0.1) is 0 Å². The lowest BCUT2D eigenvalue weighted by Gasteiger charge is -2.12. The molecule has 0 heterocycles. The zero-order valence-electron chi connectivity index (χ0n) is 20.2. The summed E-state index contributed by atoms with van der Waals surface area (Å²) in [5, 5.41) is 0. The van der Waals surface area contributed by atoms with E-state index in [-0.39, 0.29) is 5.78 Å². The molecule has 0 aromatic heterocycles. The monoisotopic (exact) mass is 436 g/mol. The molecule has 0 saturated heterocycles. The third-order valence-electron chi connectivity index (χ3n) is 5.99. The number of unbranched alkanes of at least 4 members (excludes halogenated alkanes) is 7. The highest BCUT2D eigenvalue weighted by atomic mass is 16.5. The number of carbonyl (C=O) groups is 2. The minimum Gasteiger partial charge on any atom is -0.451 e. The van der Waals surface area contributed by atoms with Crippen molar-refractivity contribution < 1.29 is 14.3 Å². The molecule has 2 aromatic rings. The number of rotatable bonds is 15. The molecule has 0 radical (unpaired) electrons. The summed E-state index contributed by atoms with van der Waals surface area (Å²) >= 11 is 0. The quantitative estimate of drug-likeness (QED) is 0.210. The normalized spacial score (nSPS) is 11.8. The highest BCUT2D eigenvalue weighted by Gasteiger charge is 2.18. The lowest BCUT2D eigenvalue weighted by Crippen LogP contribution is -2.24. The van der Waals surface area contributed by atoms with Crippen LogP contribution in [0.1, 0.15) is 101 Å². The fourth-order valence-corrected chi connectivity index (χ4v) is 3.82. The van der Waals surface area contributed by atoms with Crippen LogP contribution in [-0.2, 0) is 16.0 Å². The summed E-state index contributed by atoms with van der Waals surface area (Å²) in [6.45, 7) is 6.01. The Bertz CT molecular complexity index is 805. The van der Waals surface area contributed by atoms with E-state index >= 15 is 0 Å². The van der Waals surface area contributed by atoms with E-state index in [1.807, 2.05) is 12.1 Å². The standard InChI is InChI=1S/C29H40O3/c1-4-6-8-9-10-12-13-24-15-17-25(18-16-24)26-19-21-27(22-20-26)29(31)32-23(3)28(30)14-11-7-5-2/h15-23H,4-14H2,1-3H3. The van der Waals surface area contributed by atoms with Crippen LogP contribution < -0.4 is 0 Å². The molecule has 0 spiro atoms. The first-order chi connectivity index (χ1) is 15.5. The van der Waals surface area contributed by atoms with Gasteiger partial charge in [0.2, 0.25) is 0 Å². The highest BCUT2D eigenvalue weighted by Crippen LogP contribution is 2.22. The van der Waals surface area contributed by atoms with Gasteiger partial charge >= 0.3 is 5.97 Å². The molecule has 2 rings (SSSR count). The van der Waals surface area contributed by atoms with Crippen LogP contribution in [-0.4, -0.2) is 17.9 Å². The fraction of sp³-hybridized carbons (Fsp3) is 0.517. The van der Waals surface area contributed by atoms with Crippen molar-refractivity contribution in [1.29, 1.82) is 0 Å². The summed E-state index contributed by atoms with van der Waals surface area (Å²) in [6.07, 6.45) is 11.7. The second kappa shape index (κ2) is 14.6. The van der Waals surface area contributed by atoms with Gasteiger partial charge in [-0.05, 0) is 55.0 Å². The van der Waals surface area contributed by atoms with Crippen molar-refractivity contribution in [2.24, 2.45) is 0 Å². The predicted molar refractivity (Wildman–Crippen MR) is 133 cm³/mol. The Morgan fingerprint density at radius 1 is 0.719 bits per heavy atom. The van der Waals surface area contributed by atoms with Crippen molar-refractivity contribution in [3.8, 4) is 11.1 Å². The largest absolute Gasteiger partial charge is 0.451 e. The van der Waals surface area contributed by atoms with E-state index in [1.165, 1.54) is 44.1 Å². The number of Topliss-reactive ketones (excluding diaryl/α,β-unsaturated/α-hetero) is 1. The summed E-state index contributed by atoms with van der Waals surface area (Å²) in [6, 6.07) is 16.1.